The number of rotatable bonds is 8. The Hall–Kier alpha value is -0.940. The van der Waals surface area contributed by atoms with Crippen LogP contribution in [0.3, 0.4) is 0 Å². The van der Waals surface area contributed by atoms with E-state index in [0.717, 1.165) is 32.4 Å². The molecule has 17 heavy (non-hydrogen) atoms. The van der Waals surface area contributed by atoms with Crippen LogP contribution in [0.4, 0.5) is 0 Å². The van der Waals surface area contributed by atoms with Crippen LogP contribution in [0.15, 0.2) is 4.42 Å². The zero-order chi connectivity index (χ0) is 12.7. The molecule has 5 nitrogen and oxygen atoms in total. The molecule has 1 aromatic heterocycles. The van der Waals surface area contributed by atoms with Crippen LogP contribution < -0.4 is 5.32 Å². The lowest BCUT2D eigenvalue weighted by atomic mass is 10.0. The van der Waals surface area contributed by atoms with Crippen molar-refractivity contribution in [3.63, 3.8) is 0 Å². The summed E-state index contributed by atoms with van der Waals surface area (Å²) < 4.78 is 11.0. The zero-order valence-corrected chi connectivity index (χ0v) is 11.2. The lowest BCUT2D eigenvalue weighted by Gasteiger charge is -2.21. The molecular weight excluding hydrogens is 218 g/mol. The molecule has 0 bridgehead atoms. The molecular formula is C12H23N3O2. The van der Waals surface area contributed by atoms with Crippen LogP contribution in [0, 0.1) is 0 Å². The van der Waals surface area contributed by atoms with E-state index in [1.807, 2.05) is 13.8 Å². The molecule has 0 saturated carbocycles. The van der Waals surface area contributed by atoms with Gasteiger partial charge in [0.1, 0.15) is 5.60 Å². The molecule has 1 unspecified atom stereocenters. The normalized spacial score (nSPS) is 14.8. The van der Waals surface area contributed by atoms with E-state index in [1.54, 1.807) is 7.11 Å². The van der Waals surface area contributed by atoms with E-state index in [1.165, 1.54) is 0 Å². The number of methoxy groups -OCH3 is 1. The third-order valence-electron chi connectivity index (χ3n) is 2.99. The first-order valence-electron chi connectivity index (χ1n) is 6.25. The maximum absolute atomic E-state index is 5.62. The highest BCUT2D eigenvalue weighted by Crippen LogP contribution is 2.26. The van der Waals surface area contributed by atoms with Gasteiger partial charge in [-0.05, 0) is 26.3 Å². The summed E-state index contributed by atoms with van der Waals surface area (Å²) in [5.74, 6) is 1.23. The molecule has 0 fully saturated rings. The second-order valence-corrected chi connectivity index (χ2v) is 4.29. The minimum Gasteiger partial charge on any atom is -0.422 e. The Morgan fingerprint density at radius 3 is 2.65 bits per heavy atom. The van der Waals surface area contributed by atoms with Crippen LogP contribution in [0.1, 0.15) is 45.4 Å². The van der Waals surface area contributed by atoms with Crippen LogP contribution in [-0.4, -0.2) is 30.4 Å². The third kappa shape index (κ3) is 3.78. The maximum Gasteiger partial charge on any atom is 0.247 e. The van der Waals surface area contributed by atoms with Crippen LogP contribution in [-0.2, 0) is 16.8 Å². The number of ether oxygens (including phenoxy) is 1. The summed E-state index contributed by atoms with van der Waals surface area (Å²) in [7, 11) is 1.66. The maximum atomic E-state index is 5.62. The van der Waals surface area contributed by atoms with Crippen molar-refractivity contribution in [3.8, 4) is 0 Å². The fourth-order valence-corrected chi connectivity index (χ4v) is 1.45. The Labute approximate surface area is 103 Å². The van der Waals surface area contributed by atoms with Crippen LogP contribution in [0.2, 0.25) is 0 Å². The topological polar surface area (TPSA) is 60.2 Å². The van der Waals surface area contributed by atoms with Gasteiger partial charge in [-0.25, -0.2) is 0 Å². The minimum atomic E-state index is -0.470. The Balaban J connectivity index is 2.53. The molecule has 1 N–H and O–H groups in total. The average Bonchev–Trinajstić information content (AvgIpc) is 2.83. The SMILES string of the molecule is CCCNCCc1nnc(C(C)(CC)OC)o1. The molecule has 1 heterocycles. The highest BCUT2D eigenvalue weighted by molar-refractivity contribution is 4.95. The van der Waals surface area contributed by atoms with E-state index >= 15 is 0 Å². The van der Waals surface area contributed by atoms with Gasteiger partial charge in [0.15, 0.2) is 0 Å². The van der Waals surface area contributed by atoms with E-state index in [9.17, 15) is 0 Å². The summed E-state index contributed by atoms with van der Waals surface area (Å²) in [5.41, 5.74) is -0.470. The number of nitrogens with one attached hydrogen (secondary N) is 1. The standard InChI is InChI=1S/C12H23N3O2/c1-5-8-13-9-7-10-14-15-11(17-10)12(3,6-2)16-4/h13H,5-9H2,1-4H3. The molecule has 0 spiro atoms. The molecule has 0 radical (unpaired) electrons. The van der Waals surface area contributed by atoms with E-state index in [-0.39, 0.29) is 0 Å². The van der Waals surface area contributed by atoms with Crippen molar-refractivity contribution in [1.29, 1.82) is 0 Å². The predicted octanol–water partition coefficient (Wildman–Crippen LogP) is 1.88. The van der Waals surface area contributed by atoms with Crippen molar-refractivity contribution >= 4 is 0 Å². The molecule has 0 aliphatic rings. The molecule has 98 valence electrons. The highest BCUT2D eigenvalue weighted by Gasteiger charge is 2.30. The minimum absolute atomic E-state index is 0.470. The first-order chi connectivity index (χ1) is 8.16. The van der Waals surface area contributed by atoms with Gasteiger partial charge < -0.3 is 14.5 Å². The Morgan fingerprint density at radius 1 is 1.29 bits per heavy atom. The average molecular weight is 241 g/mol. The largest absolute Gasteiger partial charge is 0.422 e. The first kappa shape index (κ1) is 14.1. The molecule has 5 heteroatoms. The van der Waals surface area contributed by atoms with Gasteiger partial charge in [0.2, 0.25) is 11.8 Å². The van der Waals surface area contributed by atoms with Gasteiger partial charge in [-0.3, -0.25) is 0 Å². The Morgan fingerprint density at radius 2 is 2.06 bits per heavy atom. The van der Waals surface area contributed by atoms with Crippen molar-refractivity contribution in [2.45, 2.75) is 45.6 Å². The second-order valence-electron chi connectivity index (χ2n) is 4.29. The number of hydrogen-bond acceptors (Lipinski definition) is 5. The van der Waals surface area contributed by atoms with Crippen LogP contribution in [0.5, 0.6) is 0 Å². The smallest absolute Gasteiger partial charge is 0.247 e. The second kappa shape index (κ2) is 6.71. The Bertz CT molecular complexity index is 321. The monoisotopic (exact) mass is 241 g/mol. The van der Waals surface area contributed by atoms with Crippen molar-refractivity contribution in [2.24, 2.45) is 0 Å². The van der Waals surface area contributed by atoms with E-state index in [2.05, 4.69) is 22.4 Å². The first-order valence-corrected chi connectivity index (χ1v) is 6.25. The summed E-state index contributed by atoms with van der Waals surface area (Å²) in [6.45, 7) is 8.02. The lowest BCUT2D eigenvalue weighted by Crippen LogP contribution is -2.23. The molecule has 1 aromatic rings. The van der Waals surface area contributed by atoms with Gasteiger partial charge in [0, 0.05) is 20.1 Å². The summed E-state index contributed by atoms with van der Waals surface area (Å²) >= 11 is 0. The molecule has 0 amide bonds. The van der Waals surface area contributed by atoms with Crippen molar-refractivity contribution < 1.29 is 9.15 Å². The third-order valence-corrected chi connectivity index (χ3v) is 2.99. The van der Waals surface area contributed by atoms with E-state index < -0.39 is 5.60 Å². The summed E-state index contributed by atoms with van der Waals surface area (Å²) in [4.78, 5) is 0. The zero-order valence-electron chi connectivity index (χ0n) is 11.2. The van der Waals surface area contributed by atoms with Gasteiger partial charge in [-0.15, -0.1) is 10.2 Å². The molecule has 0 aromatic carbocycles. The summed E-state index contributed by atoms with van der Waals surface area (Å²) in [5, 5.41) is 11.4. The number of aromatic nitrogens is 2. The van der Waals surface area contributed by atoms with Gasteiger partial charge in [-0.2, -0.15) is 0 Å². The fourth-order valence-electron chi connectivity index (χ4n) is 1.45. The lowest BCUT2D eigenvalue weighted by molar-refractivity contribution is -0.0242. The highest BCUT2D eigenvalue weighted by atomic mass is 16.5. The fraction of sp³-hybridized carbons (Fsp3) is 0.833. The van der Waals surface area contributed by atoms with E-state index in [0.29, 0.717) is 11.8 Å². The van der Waals surface area contributed by atoms with Crippen molar-refractivity contribution in [1.82, 2.24) is 15.5 Å². The Kier molecular flexibility index (Phi) is 5.58. The summed E-state index contributed by atoms with van der Waals surface area (Å²) in [6, 6.07) is 0. The van der Waals surface area contributed by atoms with Crippen molar-refractivity contribution in [3.05, 3.63) is 11.8 Å². The van der Waals surface area contributed by atoms with Crippen LogP contribution >= 0.6 is 0 Å². The molecule has 1 atom stereocenters. The molecule has 0 saturated heterocycles. The molecule has 0 aliphatic heterocycles. The van der Waals surface area contributed by atoms with Gasteiger partial charge in [0.25, 0.3) is 0 Å². The quantitative estimate of drug-likeness (QED) is 0.704. The number of nitrogens with zero attached hydrogens (tertiary/aromatic N) is 2. The van der Waals surface area contributed by atoms with Gasteiger partial charge in [-0.1, -0.05) is 13.8 Å². The predicted molar refractivity (Wildman–Crippen MR) is 65.8 cm³/mol. The van der Waals surface area contributed by atoms with Crippen molar-refractivity contribution in [2.75, 3.05) is 20.2 Å². The van der Waals surface area contributed by atoms with Gasteiger partial charge >= 0.3 is 0 Å². The van der Waals surface area contributed by atoms with Gasteiger partial charge in [0.05, 0.1) is 0 Å². The number of hydrogen-bond donors (Lipinski definition) is 1. The molecule has 0 aliphatic carbocycles. The molecule has 1 rings (SSSR count). The van der Waals surface area contributed by atoms with E-state index in [4.69, 9.17) is 9.15 Å². The van der Waals surface area contributed by atoms with Crippen LogP contribution in [0.25, 0.3) is 0 Å². The summed E-state index contributed by atoms with van der Waals surface area (Å²) in [6.07, 6.45) is 2.70.